The van der Waals surface area contributed by atoms with E-state index >= 15 is 0 Å². The van der Waals surface area contributed by atoms with E-state index in [1.807, 2.05) is 30.3 Å². The monoisotopic (exact) mass is 314 g/mol. The van der Waals surface area contributed by atoms with E-state index in [1.165, 1.54) is 0 Å². The van der Waals surface area contributed by atoms with Gasteiger partial charge in [0.1, 0.15) is 0 Å². The molecule has 1 heterocycles. The van der Waals surface area contributed by atoms with Crippen molar-refractivity contribution >= 4 is 6.09 Å². The molecule has 0 radical (unpaired) electrons. The summed E-state index contributed by atoms with van der Waals surface area (Å²) in [4.78, 5) is 11.2. The van der Waals surface area contributed by atoms with Gasteiger partial charge in [0, 0.05) is 12.6 Å². The second-order valence-corrected chi connectivity index (χ2v) is 4.41. The van der Waals surface area contributed by atoms with Gasteiger partial charge in [0.05, 0.1) is 6.54 Å². The van der Waals surface area contributed by atoms with Crippen LogP contribution in [0, 0.1) is 0 Å². The zero-order chi connectivity index (χ0) is 16.2. The lowest BCUT2D eigenvalue weighted by Crippen LogP contribution is -2.29. The van der Waals surface area contributed by atoms with E-state index in [0.717, 1.165) is 5.56 Å². The lowest BCUT2D eigenvalue weighted by Gasteiger charge is -2.09. The molecule has 118 valence electrons. The van der Waals surface area contributed by atoms with E-state index in [1.54, 1.807) is 11.6 Å². The second-order valence-electron chi connectivity index (χ2n) is 4.41. The van der Waals surface area contributed by atoms with Crippen LogP contribution in [0.1, 0.15) is 5.82 Å². The van der Waals surface area contributed by atoms with E-state index in [9.17, 15) is 18.0 Å². The summed E-state index contributed by atoms with van der Waals surface area (Å²) in [6, 6.07) is 9.24. The molecule has 0 unspecified atom stereocenters. The van der Waals surface area contributed by atoms with Gasteiger partial charge in [-0.15, -0.1) is 10.2 Å². The van der Waals surface area contributed by atoms with E-state index in [2.05, 4.69) is 20.3 Å². The van der Waals surface area contributed by atoms with Crippen molar-refractivity contribution in [3.8, 4) is 11.4 Å². The number of carbonyl (C=O) groups excluding carboxylic acids is 1. The number of aromatic nitrogens is 3. The number of amides is 1. The number of carbonyl (C=O) groups is 1. The first kappa shape index (κ1) is 15.8. The maximum Gasteiger partial charge on any atom is 0.422 e. The van der Waals surface area contributed by atoms with Gasteiger partial charge in [0.25, 0.3) is 0 Å². The van der Waals surface area contributed by atoms with Crippen LogP contribution in [0.5, 0.6) is 0 Å². The fourth-order valence-corrected chi connectivity index (χ4v) is 1.70. The number of hydrogen-bond acceptors (Lipinski definition) is 4. The average Bonchev–Trinajstić information content (AvgIpc) is 2.84. The van der Waals surface area contributed by atoms with Crippen LogP contribution in [0.15, 0.2) is 30.3 Å². The predicted octanol–water partition coefficient (Wildman–Crippen LogP) is 2.27. The number of halogens is 3. The number of benzene rings is 1. The Hall–Kier alpha value is -2.58. The normalized spacial score (nSPS) is 11.3. The largest absolute Gasteiger partial charge is 0.440 e. The second kappa shape index (κ2) is 6.46. The molecule has 1 amide bonds. The smallest absolute Gasteiger partial charge is 0.422 e. The van der Waals surface area contributed by atoms with Gasteiger partial charge in [-0.25, -0.2) is 4.79 Å². The number of ether oxygens (including phenoxy) is 1. The molecule has 9 heteroatoms. The maximum absolute atomic E-state index is 11.9. The Labute approximate surface area is 123 Å². The van der Waals surface area contributed by atoms with Crippen LogP contribution in [0.4, 0.5) is 18.0 Å². The number of nitrogens with one attached hydrogen (secondary N) is 1. The molecule has 0 bridgehead atoms. The third-order valence-corrected chi connectivity index (χ3v) is 2.75. The third-order valence-electron chi connectivity index (χ3n) is 2.75. The minimum Gasteiger partial charge on any atom is -0.440 e. The summed E-state index contributed by atoms with van der Waals surface area (Å²) >= 11 is 0. The van der Waals surface area contributed by atoms with Crippen molar-refractivity contribution in [2.45, 2.75) is 12.7 Å². The van der Waals surface area contributed by atoms with Crippen LogP contribution in [0.3, 0.4) is 0 Å². The van der Waals surface area contributed by atoms with E-state index in [4.69, 9.17) is 0 Å². The minimum absolute atomic E-state index is 0.0903. The quantitative estimate of drug-likeness (QED) is 0.940. The van der Waals surface area contributed by atoms with E-state index in [-0.39, 0.29) is 6.54 Å². The molecule has 0 fully saturated rings. The van der Waals surface area contributed by atoms with Gasteiger partial charge < -0.3 is 14.6 Å². The molecule has 6 nitrogen and oxygen atoms in total. The molecule has 1 aromatic heterocycles. The molecular formula is C13H13F3N4O2. The van der Waals surface area contributed by atoms with Gasteiger partial charge in [0.2, 0.25) is 0 Å². The fraction of sp³-hybridized carbons (Fsp3) is 0.308. The van der Waals surface area contributed by atoms with Crippen LogP contribution < -0.4 is 5.32 Å². The first-order valence-electron chi connectivity index (χ1n) is 6.28. The Balaban J connectivity index is 1.95. The van der Waals surface area contributed by atoms with Crippen molar-refractivity contribution in [1.82, 2.24) is 20.1 Å². The predicted molar refractivity (Wildman–Crippen MR) is 70.7 cm³/mol. The van der Waals surface area contributed by atoms with Gasteiger partial charge in [-0.2, -0.15) is 13.2 Å². The van der Waals surface area contributed by atoms with Gasteiger partial charge in [0.15, 0.2) is 18.3 Å². The SMILES string of the molecule is Cn1c(CNC(=O)OCC(F)(F)F)nnc1-c1ccccc1. The molecule has 0 saturated heterocycles. The Bertz CT molecular complexity index is 640. The molecule has 1 N–H and O–H groups in total. The number of alkyl halides is 3. The summed E-state index contributed by atoms with van der Waals surface area (Å²) in [5.41, 5.74) is 0.836. The highest BCUT2D eigenvalue weighted by molar-refractivity contribution is 5.67. The number of alkyl carbamates (subject to hydrolysis) is 1. The Morgan fingerprint density at radius 1 is 1.27 bits per heavy atom. The van der Waals surface area contributed by atoms with Crippen LogP contribution in [-0.4, -0.2) is 33.6 Å². The number of hydrogen-bond donors (Lipinski definition) is 1. The summed E-state index contributed by atoms with van der Waals surface area (Å²) in [6.07, 6.45) is -5.72. The van der Waals surface area contributed by atoms with Crippen LogP contribution >= 0.6 is 0 Å². The van der Waals surface area contributed by atoms with Crippen molar-refractivity contribution in [2.24, 2.45) is 7.05 Å². The molecule has 0 aliphatic rings. The molecule has 2 rings (SSSR count). The lowest BCUT2D eigenvalue weighted by atomic mass is 10.2. The Morgan fingerprint density at radius 2 is 1.95 bits per heavy atom. The van der Waals surface area contributed by atoms with Crippen LogP contribution in [-0.2, 0) is 18.3 Å². The zero-order valence-corrected chi connectivity index (χ0v) is 11.6. The van der Waals surface area contributed by atoms with Crippen molar-refractivity contribution in [2.75, 3.05) is 6.61 Å². The van der Waals surface area contributed by atoms with Crippen LogP contribution in [0.25, 0.3) is 11.4 Å². The molecule has 2 aromatic rings. The topological polar surface area (TPSA) is 69.0 Å². The van der Waals surface area contributed by atoms with Crippen LogP contribution in [0.2, 0.25) is 0 Å². The standard InChI is InChI=1S/C13H13F3N4O2/c1-20-10(7-17-12(21)22-8-13(14,15)16)18-19-11(20)9-5-3-2-4-6-9/h2-6H,7-8H2,1H3,(H,17,21). The van der Waals surface area contributed by atoms with E-state index < -0.39 is 18.9 Å². The highest BCUT2D eigenvalue weighted by atomic mass is 19.4. The number of nitrogens with zero attached hydrogens (tertiary/aromatic N) is 3. The van der Waals surface area contributed by atoms with Gasteiger partial charge >= 0.3 is 12.3 Å². The van der Waals surface area contributed by atoms with Crippen molar-refractivity contribution in [3.05, 3.63) is 36.2 Å². The summed E-state index contributed by atoms with van der Waals surface area (Å²) < 4.78 is 41.4. The summed E-state index contributed by atoms with van der Waals surface area (Å²) in [5, 5.41) is 10.1. The summed E-state index contributed by atoms with van der Waals surface area (Å²) in [6.45, 7) is -1.72. The van der Waals surface area contributed by atoms with Gasteiger partial charge in [-0.1, -0.05) is 30.3 Å². The molecule has 0 spiro atoms. The highest BCUT2D eigenvalue weighted by Gasteiger charge is 2.29. The average molecular weight is 314 g/mol. The van der Waals surface area contributed by atoms with Gasteiger partial charge in [-0.05, 0) is 0 Å². The van der Waals surface area contributed by atoms with E-state index in [0.29, 0.717) is 11.6 Å². The summed E-state index contributed by atoms with van der Waals surface area (Å²) in [7, 11) is 1.69. The van der Waals surface area contributed by atoms with Gasteiger partial charge in [-0.3, -0.25) is 0 Å². The highest BCUT2D eigenvalue weighted by Crippen LogP contribution is 2.16. The number of rotatable bonds is 4. The summed E-state index contributed by atoms with van der Waals surface area (Å²) in [5.74, 6) is 0.976. The van der Waals surface area contributed by atoms with Crippen molar-refractivity contribution < 1.29 is 22.7 Å². The minimum atomic E-state index is -4.55. The molecular weight excluding hydrogens is 301 g/mol. The first-order chi connectivity index (χ1) is 10.4. The molecule has 1 aromatic carbocycles. The fourth-order valence-electron chi connectivity index (χ4n) is 1.70. The molecule has 0 aliphatic carbocycles. The maximum atomic E-state index is 11.9. The lowest BCUT2D eigenvalue weighted by molar-refractivity contribution is -0.160. The third kappa shape index (κ3) is 4.21. The Kier molecular flexibility index (Phi) is 4.64. The molecule has 0 aliphatic heterocycles. The Morgan fingerprint density at radius 3 is 2.59 bits per heavy atom. The first-order valence-corrected chi connectivity index (χ1v) is 6.28. The molecule has 0 saturated carbocycles. The zero-order valence-electron chi connectivity index (χ0n) is 11.6. The molecule has 0 atom stereocenters. The molecule has 22 heavy (non-hydrogen) atoms. The van der Waals surface area contributed by atoms with Crippen molar-refractivity contribution in [1.29, 1.82) is 0 Å². The van der Waals surface area contributed by atoms with Crippen molar-refractivity contribution in [3.63, 3.8) is 0 Å².